The zero-order valence-electron chi connectivity index (χ0n) is 14.2. The molecule has 5 aromatic rings. The van der Waals surface area contributed by atoms with E-state index >= 15 is 0 Å². The monoisotopic (exact) mass is 337 g/mol. The van der Waals surface area contributed by atoms with Crippen molar-refractivity contribution >= 4 is 27.6 Å². The van der Waals surface area contributed by atoms with Crippen molar-refractivity contribution in [3.8, 4) is 11.3 Å². The number of imidazole rings is 1. The molecule has 0 saturated carbocycles. The van der Waals surface area contributed by atoms with E-state index in [1.165, 1.54) is 0 Å². The zero-order chi connectivity index (χ0) is 17.7. The quantitative estimate of drug-likeness (QED) is 0.456. The van der Waals surface area contributed by atoms with Crippen LogP contribution >= 0.6 is 0 Å². The van der Waals surface area contributed by atoms with E-state index in [0.717, 1.165) is 27.7 Å². The number of benzene rings is 2. The summed E-state index contributed by atoms with van der Waals surface area (Å²) < 4.78 is 1.85. The lowest BCUT2D eigenvalue weighted by Crippen LogP contribution is -2.06. The Morgan fingerprint density at radius 3 is 2.46 bits per heavy atom. The van der Waals surface area contributed by atoms with E-state index in [1.54, 1.807) is 0 Å². The Hall–Kier alpha value is -3.53. The highest BCUT2D eigenvalue weighted by atomic mass is 16.1. The minimum Gasteiger partial charge on any atom is -0.296 e. The van der Waals surface area contributed by atoms with Gasteiger partial charge in [0.05, 0.1) is 5.52 Å². The smallest absolute Gasteiger partial charge is 0.230 e. The van der Waals surface area contributed by atoms with Gasteiger partial charge in [0.25, 0.3) is 0 Å². The number of para-hydroxylation sites is 1. The Balaban J connectivity index is 2.06. The molecule has 26 heavy (non-hydrogen) atoms. The molecule has 0 N–H and O–H groups in total. The minimum atomic E-state index is -0.112. The molecule has 0 fully saturated rings. The van der Waals surface area contributed by atoms with E-state index < -0.39 is 0 Å². The van der Waals surface area contributed by atoms with Crippen LogP contribution in [0, 0.1) is 6.92 Å². The molecule has 0 saturated heterocycles. The molecular weight excluding hydrogens is 322 g/mol. The summed E-state index contributed by atoms with van der Waals surface area (Å²) >= 11 is 0. The molecule has 0 amide bonds. The zero-order valence-corrected chi connectivity index (χ0v) is 14.2. The van der Waals surface area contributed by atoms with Crippen LogP contribution in [0.4, 0.5) is 0 Å². The molecule has 4 heteroatoms. The topological polar surface area (TPSA) is 47.3 Å². The minimum absolute atomic E-state index is 0.112. The van der Waals surface area contributed by atoms with Gasteiger partial charge in [-0.15, -0.1) is 0 Å². The second-order valence-electron chi connectivity index (χ2n) is 6.41. The number of nitrogens with zero attached hydrogens (tertiary/aromatic N) is 3. The lowest BCUT2D eigenvalue weighted by atomic mass is 10.1. The highest BCUT2D eigenvalue weighted by Crippen LogP contribution is 2.24. The maximum atomic E-state index is 13.5. The fourth-order valence-electron chi connectivity index (χ4n) is 3.36. The lowest BCUT2D eigenvalue weighted by molar-refractivity contribution is 1.22. The SMILES string of the molecule is Cc1ccc(-c2nc3ccccc3c3nc4ccccn4c3c2=O)cc1. The first-order chi connectivity index (χ1) is 12.7. The van der Waals surface area contributed by atoms with Crippen LogP contribution in [0.3, 0.4) is 0 Å². The van der Waals surface area contributed by atoms with Crippen LogP contribution in [0.25, 0.3) is 38.8 Å². The maximum absolute atomic E-state index is 13.5. The van der Waals surface area contributed by atoms with Gasteiger partial charge in [-0.1, -0.05) is 54.1 Å². The van der Waals surface area contributed by atoms with Crippen molar-refractivity contribution in [2.45, 2.75) is 6.92 Å². The van der Waals surface area contributed by atoms with Crippen LogP contribution < -0.4 is 5.43 Å². The molecule has 4 nitrogen and oxygen atoms in total. The summed E-state index contributed by atoms with van der Waals surface area (Å²) in [6.07, 6.45) is 1.87. The number of fused-ring (bicyclic) bond motifs is 5. The van der Waals surface area contributed by atoms with E-state index in [-0.39, 0.29) is 5.43 Å². The fourth-order valence-corrected chi connectivity index (χ4v) is 3.36. The number of hydrogen-bond donors (Lipinski definition) is 0. The number of aromatic nitrogens is 3. The Labute approximate surface area is 149 Å². The molecule has 124 valence electrons. The van der Waals surface area contributed by atoms with Crippen molar-refractivity contribution in [2.24, 2.45) is 0 Å². The van der Waals surface area contributed by atoms with E-state index in [4.69, 9.17) is 9.97 Å². The summed E-state index contributed by atoms with van der Waals surface area (Å²) in [7, 11) is 0. The molecule has 0 aliphatic carbocycles. The molecule has 0 aliphatic rings. The van der Waals surface area contributed by atoms with Crippen LogP contribution in [0.5, 0.6) is 0 Å². The van der Waals surface area contributed by atoms with Crippen molar-refractivity contribution in [3.05, 3.63) is 88.7 Å². The predicted molar refractivity (Wildman–Crippen MR) is 104 cm³/mol. The highest BCUT2D eigenvalue weighted by molar-refractivity contribution is 6.03. The Morgan fingerprint density at radius 1 is 0.846 bits per heavy atom. The van der Waals surface area contributed by atoms with Crippen LogP contribution in [-0.2, 0) is 0 Å². The Bertz CT molecular complexity index is 1350. The maximum Gasteiger partial charge on any atom is 0.230 e. The van der Waals surface area contributed by atoms with Crippen LogP contribution in [0.1, 0.15) is 5.56 Å². The predicted octanol–water partition coefficient (Wildman–Crippen LogP) is 4.37. The third-order valence-corrected chi connectivity index (χ3v) is 4.68. The summed E-state index contributed by atoms with van der Waals surface area (Å²) in [5, 5.41) is 0.877. The van der Waals surface area contributed by atoms with Gasteiger partial charge in [-0.25, -0.2) is 9.97 Å². The van der Waals surface area contributed by atoms with Gasteiger partial charge in [0.15, 0.2) is 0 Å². The summed E-state index contributed by atoms with van der Waals surface area (Å²) in [6.45, 7) is 2.03. The number of pyridine rings is 1. The molecule has 0 aliphatic heterocycles. The first-order valence-electron chi connectivity index (χ1n) is 8.49. The van der Waals surface area contributed by atoms with Gasteiger partial charge in [-0.2, -0.15) is 0 Å². The largest absolute Gasteiger partial charge is 0.296 e. The van der Waals surface area contributed by atoms with Crippen LogP contribution in [0.2, 0.25) is 0 Å². The third-order valence-electron chi connectivity index (χ3n) is 4.68. The van der Waals surface area contributed by atoms with E-state index in [9.17, 15) is 4.79 Å². The van der Waals surface area contributed by atoms with E-state index in [2.05, 4.69) is 0 Å². The molecular formula is C22H15N3O. The van der Waals surface area contributed by atoms with Crippen LogP contribution in [0.15, 0.2) is 77.7 Å². The van der Waals surface area contributed by atoms with E-state index in [0.29, 0.717) is 16.7 Å². The van der Waals surface area contributed by atoms with E-state index in [1.807, 2.05) is 84.3 Å². The molecule has 2 aromatic carbocycles. The van der Waals surface area contributed by atoms with Gasteiger partial charge in [0, 0.05) is 17.1 Å². The second kappa shape index (κ2) is 5.49. The van der Waals surface area contributed by atoms with Crippen molar-refractivity contribution < 1.29 is 0 Å². The molecule has 0 spiro atoms. The normalized spacial score (nSPS) is 11.4. The molecule has 0 bridgehead atoms. The van der Waals surface area contributed by atoms with Crippen molar-refractivity contribution in [2.75, 3.05) is 0 Å². The molecule has 5 rings (SSSR count). The van der Waals surface area contributed by atoms with Crippen molar-refractivity contribution in [1.29, 1.82) is 0 Å². The Kier molecular flexibility index (Phi) is 3.12. The molecule has 0 atom stereocenters. The molecule has 0 unspecified atom stereocenters. The third kappa shape index (κ3) is 2.12. The first-order valence-corrected chi connectivity index (χ1v) is 8.49. The number of hydrogen-bond acceptors (Lipinski definition) is 3. The van der Waals surface area contributed by atoms with Crippen LogP contribution in [-0.4, -0.2) is 14.4 Å². The van der Waals surface area contributed by atoms with Gasteiger partial charge in [0.2, 0.25) is 5.43 Å². The lowest BCUT2D eigenvalue weighted by Gasteiger charge is -1.99. The first kappa shape index (κ1) is 14.8. The fraction of sp³-hybridized carbons (Fsp3) is 0.0455. The number of aryl methyl sites for hydroxylation is 1. The average Bonchev–Trinajstić information content (AvgIpc) is 3.01. The summed E-state index contributed by atoms with van der Waals surface area (Å²) in [4.78, 5) is 22.9. The molecule has 3 aromatic heterocycles. The number of rotatable bonds is 1. The van der Waals surface area contributed by atoms with Gasteiger partial charge >= 0.3 is 0 Å². The molecule has 3 heterocycles. The van der Waals surface area contributed by atoms with Crippen molar-refractivity contribution in [1.82, 2.24) is 14.4 Å². The second-order valence-corrected chi connectivity index (χ2v) is 6.41. The molecule has 0 radical (unpaired) electrons. The summed E-state index contributed by atoms with van der Waals surface area (Å²) in [6, 6.07) is 21.4. The average molecular weight is 337 g/mol. The van der Waals surface area contributed by atoms with Gasteiger partial charge < -0.3 is 0 Å². The standard InChI is InChI=1S/C22H15N3O/c1-14-9-11-15(12-10-14)19-22(26)21-20(16-6-2-3-7-17(16)23-19)24-18-8-4-5-13-25(18)21/h2-13H,1H3. The van der Waals surface area contributed by atoms with Gasteiger partial charge in [0.1, 0.15) is 22.4 Å². The van der Waals surface area contributed by atoms with Gasteiger partial charge in [-0.3, -0.25) is 9.20 Å². The van der Waals surface area contributed by atoms with Crippen molar-refractivity contribution in [3.63, 3.8) is 0 Å². The van der Waals surface area contributed by atoms with Gasteiger partial charge in [-0.05, 0) is 25.1 Å². The highest BCUT2D eigenvalue weighted by Gasteiger charge is 2.15. The summed E-state index contributed by atoms with van der Waals surface area (Å²) in [5.41, 5.74) is 5.05. The Morgan fingerprint density at radius 2 is 1.62 bits per heavy atom. The summed E-state index contributed by atoms with van der Waals surface area (Å²) in [5.74, 6) is 0.